The summed E-state index contributed by atoms with van der Waals surface area (Å²) in [6, 6.07) is 24.9. The molecule has 0 saturated heterocycles. The molecular weight excluding hydrogens is 420 g/mol. The third-order valence-electron chi connectivity index (χ3n) is 5.36. The van der Waals surface area contributed by atoms with Gasteiger partial charge in [-0.3, -0.25) is 0 Å². The van der Waals surface area contributed by atoms with E-state index >= 15 is 0 Å². The fourth-order valence-electron chi connectivity index (χ4n) is 3.91. The van der Waals surface area contributed by atoms with Crippen LogP contribution in [0.1, 0.15) is 31.1 Å². The van der Waals surface area contributed by atoms with Crippen LogP contribution in [0.15, 0.2) is 91.0 Å². The Balaban J connectivity index is 1.95. The molecule has 0 saturated carbocycles. The summed E-state index contributed by atoms with van der Waals surface area (Å²) in [7, 11) is 0. The van der Waals surface area contributed by atoms with E-state index in [-0.39, 0.29) is 33.8 Å². The Kier molecular flexibility index (Phi) is 4.95. The van der Waals surface area contributed by atoms with Crippen LogP contribution in [-0.4, -0.2) is 23.0 Å². The quantitative estimate of drug-likeness (QED) is 0.338. The van der Waals surface area contributed by atoms with Crippen LogP contribution >= 0.6 is 0 Å². The molecule has 4 aliphatic rings. The highest BCUT2D eigenvalue weighted by molar-refractivity contribution is 6.16. The molecule has 0 atom stereocenters. The summed E-state index contributed by atoms with van der Waals surface area (Å²) in [5.74, 6) is -2.50. The van der Waals surface area contributed by atoms with E-state index in [0.717, 1.165) is 0 Å². The van der Waals surface area contributed by atoms with Crippen molar-refractivity contribution in [3.8, 4) is 33.8 Å². The normalized spacial score (nSPS) is 12.5. The van der Waals surface area contributed by atoms with Crippen molar-refractivity contribution in [3.05, 3.63) is 108 Å². The van der Waals surface area contributed by atoms with Gasteiger partial charge in [-0.15, -0.1) is 0 Å². The van der Waals surface area contributed by atoms with Gasteiger partial charge in [-0.1, -0.05) is 60.7 Å². The maximum Gasteiger partial charge on any atom is 0.344 e. The molecule has 4 aliphatic heterocycles. The molecule has 0 spiro atoms. The fraction of sp³-hybridized carbons (Fsp3) is 0. The number of carbonyl (C=O) groups excluding carboxylic acids is 2. The number of rotatable bonds is 3. The van der Waals surface area contributed by atoms with Crippen LogP contribution in [0.5, 0.6) is 11.5 Å². The van der Waals surface area contributed by atoms with Crippen molar-refractivity contribution in [2.24, 2.45) is 0 Å². The van der Waals surface area contributed by atoms with Gasteiger partial charge in [0.05, 0.1) is 16.7 Å². The molecule has 0 aromatic heterocycles. The van der Waals surface area contributed by atoms with E-state index in [1.807, 2.05) is 6.07 Å². The predicted octanol–water partition coefficient (Wildman–Crippen LogP) is 5.47. The molecule has 8 rings (SSSR count). The maximum absolute atomic E-state index is 13.5. The molecule has 0 amide bonds. The van der Waals surface area contributed by atoms with Gasteiger partial charge in [-0.2, -0.15) is 0 Å². The number of benzene rings is 4. The molecule has 0 aliphatic carbocycles. The molecule has 6 heteroatoms. The van der Waals surface area contributed by atoms with Crippen molar-refractivity contribution in [1.29, 1.82) is 0 Å². The minimum Gasteiger partial charge on any atom is -0.478 e. The minimum atomic E-state index is -1.36. The molecule has 4 heterocycles. The highest BCUT2D eigenvalue weighted by Crippen LogP contribution is 2.39. The maximum atomic E-state index is 13.5. The molecule has 0 unspecified atom stereocenters. The van der Waals surface area contributed by atoms with E-state index in [1.54, 1.807) is 54.6 Å². The van der Waals surface area contributed by atoms with E-state index in [0.29, 0.717) is 16.7 Å². The first-order valence-corrected chi connectivity index (χ1v) is 10.1. The van der Waals surface area contributed by atoms with Crippen molar-refractivity contribution in [3.63, 3.8) is 0 Å². The molecule has 4 aromatic rings. The lowest BCUT2D eigenvalue weighted by molar-refractivity contribution is 0.0667. The second-order valence-corrected chi connectivity index (χ2v) is 7.38. The fourth-order valence-corrected chi connectivity index (χ4v) is 3.91. The number of hydrogen-bond acceptors (Lipinski definition) is 5. The largest absolute Gasteiger partial charge is 0.478 e. The third-order valence-corrected chi connectivity index (χ3v) is 5.36. The van der Waals surface area contributed by atoms with E-state index < -0.39 is 17.9 Å². The summed E-state index contributed by atoms with van der Waals surface area (Å²) in [4.78, 5) is 39.2. The molecule has 0 fully saturated rings. The molecule has 6 nitrogen and oxygen atoms in total. The van der Waals surface area contributed by atoms with Gasteiger partial charge in [-0.05, 0) is 47.0 Å². The number of esters is 2. The van der Waals surface area contributed by atoms with Crippen LogP contribution in [0, 0.1) is 0 Å². The van der Waals surface area contributed by atoms with Crippen molar-refractivity contribution in [2.75, 3.05) is 0 Å². The summed E-state index contributed by atoms with van der Waals surface area (Å²) in [5, 5.41) is 10.2. The number of ether oxygens (including phenoxy) is 2. The first-order valence-electron chi connectivity index (χ1n) is 10.1. The monoisotopic (exact) mass is 436 g/mol. The summed E-state index contributed by atoms with van der Waals surface area (Å²) in [6.07, 6.45) is 0. The molecule has 4 aromatic carbocycles. The first kappa shape index (κ1) is 20.2. The number of hydrogen-bond donors (Lipinski definition) is 1. The van der Waals surface area contributed by atoms with Crippen LogP contribution in [0.2, 0.25) is 0 Å². The van der Waals surface area contributed by atoms with Crippen molar-refractivity contribution in [2.45, 2.75) is 0 Å². The van der Waals surface area contributed by atoms with Gasteiger partial charge in [-0.25, -0.2) is 14.4 Å². The van der Waals surface area contributed by atoms with Gasteiger partial charge >= 0.3 is 17.9 Å². The van der Waals surface area contributed by atoms with Gasteiger partial charge in [0.15, 0.2) is 0 Å². The van der Waals surface area contributed by atoms with Gasteiger partial charge < -0.3 is 14.6 Å². The van der Waals surface area contributed by atoms with Gasteiger partial charge in [0.1, 0.15) is 11.5 Å². The van der Waals surface area contributed by atoms with Crippen LogP contribution in [0.25, 0.3) is 22.3 Å². The second-order valence-electron chi connectivity index (χ2n) is 7.38. The number of carboxylic acids is 1. The minimum absolute atomic E-state index is 0.0472. The third kappa shape index (κ3) is 3.64. The molecule has 0 radical (unpaired) electrons. The van der Waals surface area contributed by atoms with E-state index in [4.69, 9.17) is 9.47 Å². The lowest BCUT2D eigenvalue weighted by atomic mass is 9.85. The Hall–Kier alpha value is -4.71. The Morgan fingerprint density at radius 1 is 0.606 bits per heavy atom. The predicted molar refractivity (Wildman–Crippen MR) is 121 cm³/mol. The van der Waals surface area contributed by atoms with Gasteiger partial charge in [0.2, 0.25) is 0 Å². The average molecular weight is 436 g/mol. The van der Waals surface area contributed by atoms with E-state index in [2.05, 4.69) is 0 Å². The number of carboxylic acid groups (broad SMARTS) is 1. The zero-order valence-electron chi connectivity index (χ0n) is 17.1. The van der Waals surface area contributed by atoms with Crippen molar-refractivity contribution in [1.82, 2.24) is 0 Å². The van der Waals surface area contributed by atoms with Crippen LogP contribution in [-0.2, 0) is 0 Å². The zero-order valence-corrected chi connectivity index (χ0v) is 17.1. The van der Waals surface area contributed by atoms with Crippen LogP contribution in [0.4, 0.5) is 0 Å². The summed E-state index contributed by atoms with van der Waals surface area (Å²) in [5.41, 5.74) is 1.10. The first-order chi connectivity index (χ1) is 16.0. The Morgan fingerprint density at radius 2 is 1.12 bits per heavy atom. The highest BCUT2D eigenvalue weighted by Gasteiger charge is 2.32. The molecule has 160 valence electrons. The highest BCUT2D eigenvalue weighted by atomic mass is 16.5. The van der Waals surface area contributed by atoms with Gasteiger partial charge in [0.25, 0.3) is 0 Å². The Morgan fingerprint density at radius 3 is 1.67 bits per heavy atom. The average Bonchev–Trinajstić information content (AvgIpc) is 2.84. The lowest BCUT2D eigenvalue weighted by Gasteiger charge is -2.21. The SMILES string of the molecule is O=C1Oc2ccc(cc2)OC(=O)c2c(-c3ccccc3)cc1c(C(=O)O)c2-c1ccccc1. The lowest BCUT2D eigenvalue weighted by Crippen LogP contribution is -2.21. The Labute approximate surface area is 188 Å². The molecule has 33 heavy (non-hydrogen) atoms. The smallest absolute Gasteiger partial charge is 0.344 e. The number of carbonyl (C=O) groups is 3. The summed E-state index contributed by atoms with van der Waals surface area (Å²) >= 11 is 0. The summed E-state index contributed by atoms with van der Waals surface area (Å²) < 4.78 is 11.1. The standard InChI is InChI=1S/C27H16O6/c28-25(29)23-21-15-20(16-7-3-1-4-8-16)24(22(23)17-9-5-2-6-10-17)27(31)33-19-13-11-18(12-14-19)32-26(21)30/h1-15H,(H,28,29). The summed E-state index contributed by atoms with van der Waals surface area (Å²) in [6.45, 7) is 0. The zero-order chi connectivity index (χ0) is 22.9. The van der Waals surface area contributed by atoms with E-state index in [9.17, 15) is 19.5 Å². The van der Waals surface area contributed by atoms with Crippen LogP contribution < -0.4 is 9.47 Å². The molecular formula is C27H16O6. The van der Waals surface area contributed by atoms with Crippen LogP contribution in [0.3, 0.4) is 0 Å². The Bertz CT molecular complexity index is 1390. The second kappa shape index (κ2) is 8.09. The number of aromatic carboxylic acids is 1. The van der Waals surface area contributed by atoms with Crippen molar-refractivity contribution >= 4 is 17.9 Å². The van der Waals surface area contributed by atoms with Gasteiger partial charge in [0, 0.05) is 5.56 Å². The van der Waals surface area contributed by atoms with E-state index in [1.165, 1.54) is 30.3 Å². The topological polar surface area (TPSA) is 89.9 Å². The molecule has 4 bridgehead atoms. The van der Waals surface area contributed by atoms with Crippen molar-refractivity contribution < 1.29 is 29.0 Å². The molecule has 1 N–H and O–H groups in total.